The summed E-state index contributed by atoms with van der Waals surface area (Å²) in [4.78, 5) is 0. The Labute approximate surface area is 103 Å². The molecule has 16 heavy (non-hydrogen) atoms. The maximum absolute atomic E-state index is 5.79. The fourth-order valence-electron chi connectivity index (χ4n) is 1.64. The third kappa shape index (κ3) is 2.71. The van der Waals surface area contributed by atoms with Crippen molar-refractivity contribution in [1.29, 1.82) is 0 Å². The van der Waals surface area contributed by atoms with Crippen LogP contribution in [0.25, 0.3) is 5.69 Å². The molecule has 1 aromatic carbocycles. The zero-order valence-corrected chi connectivity index (χ0v) is 10.7. The van der Waals surface area contributed by atoms with Gasteiger partial charge in [0, 0.05) is 12.2 Å². The summed E-state index contributed by atoms with van der Waals surface area (Å²) in [6.45, 7) is 2.01. The molecular formula is C12H14BrN3. The summed E-state index contributed by atoms with van der Waals surface area (Å²) in [5.74, 6) is 0. The molecule has 2 N–H and O–H groups in total. The van der Waals surface area contributed by atoms with Crippen molar-refractivity contribution in [2.45, 2.75) is 19.4 Å². The van der Waals surface area contributed by atoms with E-state index >= 15 is 0 Å². The number of nitrogens with two attached hydrogens (primary N) is 1. The largest absolute Gasteiger partial charge is 0.328 e. The van der Waals surface area contributed by atoms with Crippen LogP contribution in [0.15, 0.2) is 41.1 Å². The van der Waals surface area contributed by atoms with Gasteiger partial charge < -0.3 is 5.73 Å². The summed E-state index contributed by atoms with van der Waals surface area (Å²) in [6, 6.07) is 8.45. The van der Waals surface area contributed by atoms with Gasteiger partial charge in [-0.1, -0.05) is 12.1 Å². The van der Waals surface area contributed by atoms with Gasteiger partial charge in [0.05, 0.1) is 16.4 Å². The number of nitrogens with zero attached hydrogens (tertiary/aromatic N) is 2. The minimum atomic E-state index is 0.180. The molecule has 3 nitrogen and oxygen atoms in total. The van der Waals surface area contributed by atoms with E-state index in [2.05, 4.69) is 33.2 Å². The Hall–Kier alpha value is -1.13. The van der Waals surface area contributed by atoms with Crippen molar-refractivity contribution < 1.29 is 0 Å². The third-order valence-corrected chi connectivity index (χ3v) is 2.69. The van der Waals surface area contributed by atoms with Gasteiger partial charge in [0.2, 0.25) is 0 Å². The Balaban J connectivity index is 2.28. The van der Waals surface area contributed by atoms with Crippen LogP contribution in [0.1, 0.15) is 12.5 Å². The molecule has 0 aliphatic heterocycles. The van der Waals surface area contributed by atoms with Gasteiger partial charge in [-0.15, -0.1) is 0 Å². The fourth-order valence-corrected chi connectivity index (χ4v) is 1.93. The first kappa shape index (κ1) is 11.4. The summed E-state index contributed by atoms with van der Waals surface area (Å²) in [7, 11) is 0. The van der Waals surface area contributed by atoms with E-state index in [0.717, 1.165) is 16.6 Å². The summed E-state index contributed by atoms with van der Waals surface area (Å²) < 4.78 is 2.82. The zero-order chi connectivity index (χ0) is 11.5. The molecule has 2 aromatic rings. The molecule has 0 bridgehead atoms. The number of halogens is 1. The average Bonchev–Trinajstić information content (AvgIpc) is 2.64. The number of aromatic nitrogens is 2. The lowest BCUT2D eigenvalue weighted by Crippen LogP contribution is -2.17. The second-order valence-corrected chi connectivity index (χ2v) is 4.87. The van der Waals surface area contributed by atoms with Gasteiger partial charge in [-0.3, -0.25) is 0 Å². The predicted molar refractivity (Wildman–Crippen MR) is 68.6 cm³/mol. The van der Waals surface area contributed by atoms with Crippen molar-refractivity contribution in [2.75, 3.05) is 0 Å². The van der Waals surface area contributed by atoms with Gasteiger partial charge in [-0.25, -0.2) is 4.68 Å². The lowest BCUT2D eigenvalue weighted by Gasteiger charge is -2.07. The quantitative estimate of drug-likeness (QED) is 0.938. The van der Waals surface area contributed by atoms with Crippen molar-refractivity contribution >= 4 is 15.9 Å². The summed E-state index contributed by atoms with van der Waals surface area (Å²) in [5.41, 5.74) is 8.08. The molecule has 0 saturated heterocycles. The molecule has 0 saturated carbocycles. The van der Waals surface area contributed by atoms with Crippen LogP contribution in [0.4, 0.5) is 0 Å². The van der Waals surface area contributed by atoms with Gasteiger partial charge in [0.25, 0.3) is 0 Å². The first-order valence-corrected chi connectivity index (χ1v) is 5.99. The Morgan fingerprint density at radius 3 is 2.94 bits per heavy atom. The highest BCUT2D eigenvalue weighted by Crippen LogP contribution is 2.14. The van der Waals surface area contributed by atoms with Crippen molar-refractivity contribution in [1.82, 2.24) is 9.78 Å². The van der Waals surface area contributed by atoms with Crippen LogP contribution in [0.3, 0.4) is 0 Å². The minimum Gasteiger partial charge on any atom is -0.328 e. The monoisotopic (exact) mass is 279 g/mol. The van der Waals surface area contributed by atoms with Crippen molar-refractivity contribution in [3.05, 3.63) is 46.7 Å². The molecule has 2 rings (SSSR count). The van der Waals surface area contributed by atoms with Gasteiger partial charge in [0.15, 0.2) is 0 Å². The van der Waals surface area contributed by atoms with Crippen LogP contribution in [0, 0.1) is 0 Å². The topological polar surface area (TPSA) is 43.8 Å². The molecular weight excluding hydrogens is 266 g/mol. The molecule has 0 fully saturated rings. The smallest absolute Gasteiger partial charge is 0.0648 e. The molecule has 1 aromatic heterocycles. The first-order chi connectivity index (χ1) is 7.65. The molecule has 0 amide bonds. The molecule has 0 aliphatic rings. The van der Waals surface area contributed by atoms with Crippen LogP contribution in [-0.4, -0.2) is 15.8 Å². The van der Waals surface area contributed by atoms with Crippen molar-refractivity contribution in [3.8, 4) is 5.69 Å². The van der Waals surface area contributed by atoms with E-state index in [1.807, 2.05) is 29.9 Å². The summed E-state index contributed by atoms with van der Waals surface area (Å²) in [6.07, 6.45) is 4.60. The van der Waals surface area contributed by atoms with Crippen LogP contribution < -0.4 is 5.73 Å². The fraction of sp³-hybridized carbons (Fsp3) is 0.250. The Kier molecular flexibility index (Phi) is 3.41. The normalized spacial score (nSPS) is 12.7. The number of rotatable bonds is 3. The van der Waals surface area contributed by atoms with E-state index in [9.17, 15) is 0 Å². The molecule has 84 valence electrons. The van der Waals surface area contributed by atoms with Crippen molar-refractivity contribution in [2.24, 2.45) is 5.73 Å². The van der Waals surface area contributed by atoms with E-state index in [-0.39, 0.29) is 6.04 Å². The first-order valence-electron chi connectivity index (χ1n) is 5.20. The highest BCUT2D eigenvalue weighted by molar-refractivity contribution is 9.10. The van der Waals surface area contributed by atoms with Crippen molar-refractivity contribution in [3.63, 3.8) is 0 Å². The average molecular weight is 280 g/mol. The second-order valence-electron chi connectivity index (χ2n) is 3.95. The van der Waals surface area contributed by atoms with Crippen LogP contribution in [0.5, 0.6) is 0 Å². The standard InChI is InChI=1S/C12H14BrN3/c1-9(14)5-10-3-2-4-12(6-10)16-8-11(13)7-15-16/h2-4,6-9H,5,14H2,1H3. The lowest BCUT2D eigenvalue weighted by atomic mass is 10.1. The number of hydrogen-bond acceptors (Lipinski definition) is 2. The van der Waals surface area contributed by atoms with Gasteiger partial charge in [0.1, 0.15) is 0 Å². The van der Waals surface area contributed by atoms with E-state index in [4.69, 9.17) is 5.73 Å². The minimum absolute atomic E-state index is 0.180. The summed E-state index contributed by atoms with van der Waals surface area (Å²) in [5, 5.41) is 4.24. The van der Waals surface area contributed by atoms with E-state index in [1.165, 1.54) is 5.56 Å². The van der Waals surface area contributed by atoms with Gasteiger partial charge in [-0.2, -0.15) is 5.10 Å². The number of benzene rings is 1. The van der Waals surface area contributed by atoms with Crippen LogP contribution in [-0.2, 0) is 6.42 Å². The molecule has 0 spiro atoms. The molecule has 0 radical (unpaired) electrons. The lowest BCUT2D eigenvalue weighted by molar-refractivity contribution is 0.736. The molecule has 0 aliphatic carbocycles. The summed E-state index contributed by atoms with van der Waals surface area (Å²) >= 11 is 3.38. The maximum atomic E-state index is 5.79. The highest BCUT2D eigenvalue weighted by Gasteiger charge is 2.02. The SMILES string of the molecule is CC(N)Cc1cccc(-n2cc(Br)cn2)c1. The van der Waals surface area contributed by atoms with E-state index < -0.39 is 0 Å². The predicted octanol–water partition coefficient (Wildman–Crippen LogP) is 2.52. The van der Waals surface area contributed by atoms with Crippen LogP contribution >= 0.6 is 15.9 Å². The maximum Gasteiger partial charge on any atom is 0.0648 e. The molecule has 4 heteroatoms. The Morgan fingerprint density at radius 1 is 1.50 bits per heavy atom. The Morgan fingerprint density at radius 2 is 2.31 bits per heavy atom. The van der Waals surface area contributed by atoms with Gasteiger partial charge in [-0.05, 0) is 47.0 Å². The molecule has 1 atom stereocenters. The Bertz CT molecular complexity index is 477. The molecule has 1 unspecified atom stereocenters. The third-order valence-electron chi connectivity index (χ3n) is 2.28. The molecule has 1 heterocycles. The number of hydrogen-bond donors (Lipinski definition) is 1. The zero-order valence-electron chi connectivity index (χ0n) is 9.10. The van der Waals surface area contributed by atoms with Crippen LogP contribution in [0.2, 0.25) is 0 Å². The van der Waals surface area contributed by atoms with E-state index in [0.29, 0.717) is 0 Å². The second kappa shape index (κ2) is 4.80. The highest BCUT2D eigenvalue weighted by atomic mass is 79.9. The van der Waals surface area contributed by atoms with Gasteiger partial charge >= 0.3 is 0 Å². The van der Waals surface area contributed by atoms with E-state index in [1.54, 1.807) is 6.20 Å².